The minimum Gasteiger partial charge on any atom is -0.224 e. The summed E-state index contributed by atoms with van der Waals surface area (Å²) in [5, 5.41) is 19.1. The van der Waals surface area contributed by atoms with Crippen LogP contribution in [0.15, 0.2) is 23.6 Å². The molecule has 5 nitrogen and oxygen atoms in total. The van der Waals surface area contributed by atoms with Crippen molar-refractivity contribution in [2.75, 3.05) is 0 Å². The Balaban J connectivity index is 2.23. The topological polar surface area (TPSA) is 67.4 Å². The molecule has 2 heterocycles. The van der Waals surface area contributed by atoms with Crippen LogP contribution in [0, 0.1) is 29.9 Å². The summed E-state index contributed by atoms with van der Waals surface area (Å²) < 4.78 is 27.8. The van der Waals surface area contributed by atoms with E-state index in [1.807, 2.05) is 18.4 Å². The van der Waals surface area contributed by atoms with Crippen LogP contribution in [0.1, 0.15) is 11.4 Å². The summed E-state index contributed by atoms with van der Waals surface area (Å²) in [5.74, 6) is -1.96. The van der Waals surface area contributed by atoms with Gasteiger partial charge in [-0.05, 0) is 25.1 Å². The molecular formula is C13H7F2N5S. The summed E-state index contributed by atoms with van der Waals surface area (Å²) in [6.07, 6.45) is 0. The normalized spacial score (nSPS) is 10.6. The van der Waals surface area contributed by atoms with Gasteiger partial charge in [0.05, 0.1) is 5.69 Å². The lowest BCUT2D eigenvalue weighted by molar-refractivity contribution is 0.509. The minimum absolute atomic E-state index is 0.0221. The number of hydrogen-bond acceptors (Lipinski definition) is 5. The zero-order valence-electron chi connectivity index (χ0n) is 10.7. The van der Waals surface area contributed by atoms with Gasteiger partial charge in [0.2, 0.25) is 5.13 Å². The van der Waals surface area contributed by atoms with Gasteiger partial charge in [-0.3, -0.25) is 0 Å². The molecule has 0 bridgehead atoms. The third-order valence-electron chi connectivity index (χ3n) is 2.76. The Hall–Kier alpha value is -2.66. The van der Waals surface area contributed by atoms with Gasteiger partial charge in [0.15, 0.2) is 17.3 Å². The summed E-state index contributed by atoms with van der Waals surface area (Å²) in [6.45, 7) is 1.82. The molecule has 3 rings (SSSR count). The van der Waals surface area contributed by atoms with Gasteiger partial charge in [-0.1, -0.05) is 5.21 Å². The summed E-state index contributed by atoms with van der Waals surface area (Å²) in [7, 11) is 0. The third-order valence-corrected chi connectivity index (χ3v) is 3.69. The largest absolute Gasteiger partial charge is 0.224 e. The zero-order valence-corrected chi connectivity index (χ0v) is 11.5. The Morgan fingerprint density at radius 3 is 2.71 bits per heavy atom. The van der Waals surface area contributed by atoms with E-state index in [1.54, 1.807) is 0 Å². The molecule has 104 valence electrons. The van der Waals surface area contributed by atoms with Gasteiger partial charge in [0.25, 0.3) is 0 Å². The van der Waals surface area contributed by atoms with Crippen molar-refractivity contribution in [2.45, 2.75) is 6.92 Å². The highest BCUT2D eigenvalue weighted by atomic mass is 32.1. The number of aromatic nitrogens is 4. The fourth-order valence-electron chi connectivity index (χ4n) is 1.83. The average Bonchev–Trinajstić information content (AvgIpc) is 3.07. The van der Waals surface area contributed by atoms with E-state index in [2.05, 4.69) is 15.3 Å². The van der Waals surface area contributed by atoms with E-state index in [9.17, 15) is 8.78 Å². The van der Waals surface area contributed by atoms with Crippen molar-refractivity contribution < 1.29 is 8.78 Å². The molecule has 3 aromatic rings. The molecule has 0 fully saturated rings. The first kappa shape index (κ1) is 13.3. The van der Waals surface area contributed by atoms with Crippen molar-refractivity contribution >= 4 is 11.3 Å². The molecule has 8 heteroatoms. The van der Waals surface area contributed by atoms with Crippen LogP contribution in [-0.4, -0.2) is 20.0 Å². The van der Waals surface area contributed by atoms with E-state index in [0.717, 1.165) is 17.8 Å². The highest BCUT2D eigenvalue weighted by Crippen LogP contribution is 2.27. The quantitative estimate of drug-likeness (QED) is 0.730. The van der Waals surface area contributed by atoms with E-state index in [4.69, 9.17) is 5.26 Å². The summed E-state index contributed by atoms with van der Waals surface area (Å²) in [4.78, 5) is 4.26. The Morgan fingerprint density at radius 1 is 1.29 bits per heavy atom. The highest BCUT2D eigenvalue weighted by Gasteiger charge is 2.19. The molecule has 0 aliphatic heterocycles. The van der Waals surface area contributed by atoms with Crippen LogP contribution < -0.4 is 0 Å². The van der Waals surface area contributed by atoms with Gasteiger partial charge in [-0.15, -0.1) is 16.4 Å². The molecule has 0 amide bonds. The summed E-state index contributed by atoms with van der Waals surface area (Å²) in [6, 6.07) is 5.26. The first-order valence-corrected chi connectivity index (χ1v) is 6.72. The maximum absolute atomic E-state index is 13.4. The molecule has 0 saturated carbocycles. The number of nitriles is 1. The maximum atomic E-state index is 13.4. The van der Waals surface area contributed by atoms with Crippen molar-refractivity contribution in [1.82, 2.24) is 20.0 Å². The molecule has 0 spiro atoms. The second-order valence-corrected chi connectivity index (χ2v) is 5.05. The molecule has 0 saturated heterocycles. The van der Waals surface area contributed by atoms with Gasteiger partial charge in [-0.2, -0.15) is 9.94 Å². The van der Waals surface area contributed by atoms with E-state index in [-0.39, 0.29) is 11.4 Å². The fourth-order valence-corrected chi connectivity index (χ4v) is 2.59. The van der Waals surface area contributed by atoms with Crippen LogP contribution in [0.5, 0.6) is 0 Å². The molecule has 0 aliphatic rings. The lowest BCUT2D eigenvalue weighted by atomic mass is 10.1. The second-order valence-electron chi connectivity index (χ2n) is 4.21. The highest BCUT2D eigenvalue weighted by molar-refractivity contribution is 7.12. The van der Waals surface area contributed by atoms with E-state index in [1.165, 1.54) is 22.1 Å². The molecule has 0 aliphatic carbocycles. The Bertz CT molecular complexity index is 862. The number of halogens is 2. The van der Waals surface area contributed by atoms with Gasteiger partial charge in [0, 0.05) is 10.9 Å². The van der Waals surface area contributed by atoms with Gasteiger partial charge in [0.1, 0.15) is 11.8 Å². The van der Waals surface area contributed by atoms with Gasteiger partial charge >= 0.3 is 0 Å². The lowest BCUT2D eigenvalue weighted by Crippen LogP contribution is -2.00. The molecule has 2 aromatic heterocycles. The Morgan fingerprint density at radius 2 is 2.10 bits per heavy atom. The number of thiazole rings is 1. The Labute approximate surface area is 122 Å². The molecule has 0 unspecified atom stereocenters. The minimum atomic E-state index is -1.00. The van der Waals surface area contributed by atoms with Gasteiger partial charge < -0.3 is 0 Å². The van der Waals surface area contributed by atoms with Crippen molar-refractivity contribution in [3.05, 3.63) is 46.6 Å². The van der Waals surface area contributed by atoms with Crippen molar-refractivity contribution in [3.63, 3.8) is 0 Å². The summed E-state index contributed by atoms with van der Waals surface area (Å²) >= 11 is 1.31. The first-order valence-electron chi connectivity index (χ1n) is 5.84. The SMILES string of the molecule is Cc1csc(-n2nnc(C#N)c2-c2ccc(F)c(F)c2)n1. The van der Waals surface area contributed by atoms with Crippen molar-refractivity contribution in [1.29, 1.82) is 5.26 Å². The monoisotopic (exact) mass is 303 g/mol. The van der Waals surface area contributed by atoms with Crippen LogP contribution in [0.2, 0.25) is 0 Å². The van der Waals surface area contributed by atoms with E-state index in [0.29, 0.717) is 10.7 Å². The lowest BCUT2D eigenvalue weighted by Gasteiger charge is -2.04. The fraction of sp³-hybridized carbons (Fsp3) is 0.0769. The van der Waals surface area contributed by atoms with Gasteiger partial charge in [-0.25, -0.2) is 13.8 Å². The van der Waals surface area contributed by atoms with E-state index >= 15 is 0 Å². The predicted octanol–water partition coefficient (Wildman–Crippen LogP) is 2.85. The zero-order chi connectivity index (χ0) is 15.0. The maximum Gasteiger partial charge on any atom is 0.212 e. The van der Waals surface area contributed by atoms with Crippen molar-refractivity contribution in [3.8, 4) is 22.5 Å². The summed E-state index contributed by atoms with van der Waals surface area (Å²) in [5.41, 5.74) is 1.41. The molecule has 0 radical (unpaired) electrons. The number of aryl methyl sites for hydroxylation is 1. The van der Waals surface area contributed by atoms with Crippen LogP contribution in [0.4, 0.5) is 8.78 Å². The average molecular weight is 303 g/mol. The molecule has 21 heavy (non-hydrogen) atoms. The predicted molar refractivity (Wildman–Crippen MR) is 71.8 cm³/mol. The number of rotatable bonds is 2. The molecule has 1 aromatic carbocycles. The molecular weight excluding hydrogens is 296 g/mol. The first-order chi connectivity index (χ1) is 10.1. The number of nitrogens with zero attached hydrogens (tertiary/aromatic N) is 5. The number of benzene rings is 1. The number of hydrogen-bond donors (Lipinski definition) is 0. The van der Waals surface area contributed by atoms with Crippen LogP contribution >= 0.6 is 11.3 Å². The molecule has 0 N–H and O–H groups in total. The van der Waals surface area contributed by atoms with Crippen molar-refractivity contribution in [2.24, 2.45) is 0 Å². The van der Waals surface area contributed by atoms with E-state index < -0.39 is 11.6 Å². The second kappa shape index (κ2) is 5.03. The Kier molecular flexibility index (Phi) is 3.19. The third kappa shape index (κ3) is 2.28. The standard InChI is InChI=1S/C13H7F2N5S/c1-7-6-21-13(17-7)20-12(11(5-16)18-19-20)8-2-3-9(14)10(15)4-8/h2-4,6H,1H3. The smallest absolute Gasteiger partial charge is 0.212 e. The van der Waals surface area contributed by atoms with Crippen LogP contribution in [0.25, 0.3) is 16.4 Å². The van der Waals surface area contributed by atoms with Crippen LogP contribution in [-0.2, 0) is 0 Å². The van der Waals surface area contributed by atoms with Crippen LogP contribution in [0.3, 0.4) is 0 Å². The molecule has 0 atom stereocenters.